The molecule has 1 heterocycles. The first-order chi connectivity index (χ1) is 9.39. The Labute approximate surface area is 114 Å². The average molecular weight is 284 g/mol. The van der Waals surface area contributed by atoms with Gasteiger partial charge in [-0.25, -0.2) is 0 Å². The topological polar surface area (TPSA) is 131 Å². The summed E-state index contributed by atoms with van der Waals surface area (Å²) >= 11 is 0. The Morgan fingerprint density at radius 1 is 1.00 bits per heavy atom. The molecular weight excluding hydrogens is 268 g/mol. The summed E-state index contributed by atoms with van der Waals surface area (Å²) < 4.78 is 4.94. The van der Waals surface area contributed by atoms with Crippen molar-refractivity contribution in [3.8, 4) is 5.75 Å². The Morgan fingerprint density at radius 2 is 1.65 bits per heavy atom. The van der Waals surface area contributed by atoms with Gasteiger partial charge in [0.05, 0.1) is 12.0 Å². The highest BCUT2D eigenvalue weighted by molar-refractivity contribution is 5.43. The van der Waals surface area contributed by atoms with Crippen molar-refractivity contribution in [2.24, 2.45) is 0 Å². The maximum Gasteiger partial charge on any atom is 0.184 e. The number of phenols is 1. The fourth-order valence-corrected chi connectivity index (χ4v) is 3.17. The lowest BCUT2D eigenvalue weighted by atomic mass is 9.57. The van der Waals surface area contributed by atoms with Gasteiger partial charge in [-0.3, -0.25) is 0 Å². The van der Waals surface area contributed by atoms with Crippen LogP contribution in [-0.2, 0) is 4.74 Å². The van der Waals surface area contributed by atoms with Crippen LogP contribution in [0, 0.1) is 0 Å². The fraction of sp³-hybridized carbons (Fsp3) is 0.538. The van der Waals surface area contributed by atoms with E-state index in [1.54, 1.807) is 12.1 Å². The van der Waals surface area contributed by atoms with Gasteiger partial charge in [-0.1, -0.05) is 18.2 Å². The molecule has 1 aromatic rings. The number of fused-ring (bicyclic) bond motifs is 1. The molecule has 0 aromatic heterocycles. The van der Waals surface area contributed by atoms with Gasteiger partial charge in [0, 0.05) is 5.56 Å². The average Bonchev–Trinajstić information content (AvgIpc) is 2.43. The number of benzene rings is 1. The first kappa shape index (κ1) is 13.7. The summed E-state index contributed by atoms with van der Waals surface area (Å²) in [7, 11) is 0. The van der Waals surface area contributed by atoms with Gasteiger partial charge in [0.1, 0.15) is 29.7 Å². The maximum absolute atomic E-state index is 10.6. The molecule has 7 heteroatoms. The quantitative estimate of drug-likeness (QED) is 0.352. The van der Waals surface area contributed by atoms with Crippen molar-refractivity contribution in [2.75, 3.05) is 0 Å². The summed E-state index contributed by atoms with van der Waals surface area (Å²) in [5.74, 6) is -1.16. The molecule has 1 aliphatic heterocycles. The molecule has 3 rings (SSSR count). The second-order valence-electron chi connectivity index (χ2n) is 5.30. The van der Waals surface area contributed by atoms with Gasteiger partial charge < -0.3 is 35.4 Å². The lowest BCUT2D eigenvalue weighted by Gasteiger charge is -2.61. The van der Waals surface area contributed by atoms with E-state index in [0.29, 0.717) is 0 Å². The van der Waals surface area contributed by atoms with Gasteiger partial charge in [-0.05, 0) is 6.07 Å². The van der Waals surface area contributed by atoms with Crippen molar-refractivity contribution in [1.82, 2.24) is 0 Å². The second-order valence-corrected chi connectivity index (χ2v) is 5.30. The first-order valence-corrected chi connectivity index (χ1v) is 6.27. The lowest BCUT2D eigenvalue weighted by molar-refractivity contribution is -0.380. The highest BCUT2D eigenvalue weighted by Crippen LogP contribution is 2.54. The van der Waals surface area contributed by atoms with Gasteiger partial charge in [0.15, 0.2) is 6.29 Å². The molecule has 7 nitrogen and oxygen atoms in total. The van der Waals surface area contributed by atoms with Gasteiger partial charge in [-0.2, -0.15) is 0 Å². The van der Waals surface area contributed by atoms with Crippen molar-refractivity contribution in [1.29, 1.82) is 0 Å². The summed E-state index contributed by atoms with van der Waals surface area (Å²) in [4.78, 5) is 0. The summed E-state index contributed by atoms with van der Waals surface area (Å²) in [6, 6.07) is 6.08. The molecule has 2 fully saturated rings. The van der Waals surface area contributed by atoms with E-state index in [9.17, 15) is 30.6 Å². The minimum absolute atomic E-state index is 0.142. The van der Waals surface area contributed by atoms with E-state index < -0.39 is 42.2 Å². The SMILES string of the molecule is Oc1ccccc1C1C(O)[C@H]2OC(O)[C@@H](O)[C@@H](O)[C@@]12O. The third-order valence-corrected chi connectivity index (χ3v) is 4.25. The zero-order valence-electron chi connectivity index (χ0n) is 10.4. The highest BCUT2D eigenvalue weighted by atomic mass is 16.6. The van der Waals surface area contributed by atoms with E-state index in [1.165, 1.54) is 12.1 Å². The Balaban J connectivity index is 2.01. The van der Waals surface area contributed by atoms with Gasteiger partial charge in [0.25, 0.3) is 0 Å². The van der Waals surface area contributed by atoms with Gasteiger partial charge in [-0.15, -0.1) is 0 Å². The van der Waals surface area contributed by atoms with E-state index in [0.717, 1.165) is 0 Å². The van der Waals surface area contributed by atoms with Crippen LogP contribution < -0.4 is 0 Å². The number of aliphatic hydroxyl groups excluding tert-OH is 4. The Kier molecular flexibility index (Phi) is 3.02. The predicted molar refractivity (Wildman–Crippen MR) is 64.7 cm³/mol. The van der Waals surface area contributed by atoms with Gasteiger partial charge >= 0.3 is 0 Å². The van der Waals surface area contributed by atoms with Gasteiger partial charge in [0.2, 0.25) is 0 Å². The molecule has 0 spiro atoms. The van der Waals surface area contributed by atoms with Crippen LogP contribution >= 0.6 is 0 Å². The first-order valence-electron chi connectivity index (χ1n) is 6.27. The van der Waals surface area contributed by atoms with Crippen molar-refractivity contribution in [3.05, 3.63) is 29.8 Å². The van der Waals surface area contributed by atoms with Crippen molar-refractivity contribution < 1.29 is 35.4 Å². The molecule has 1 aliphatic carbocycles. The number of ether oxygens (including phenoxy) is 1. The third kappa shape index (κ3) is 1.56. The number of para-hydroxylation sites is 1. The Morgan fingerprint density at radius 3 is 2.30 bits per heavy atom. The fourth-order valence-electron chi connectivity index (χ4n) is 3.17. The maximum atomic E-state index is 10.6. The summed E-state index contributed by atoms with van der Waals surface area (Å²) in [6.07, 6.45) is -7.54. The molecule has 1 aromatic carbocycles. The minimum Gasteiger partial charge on any atom is -0.508 e. The standard InChI is InChI=1S/C13H16O7/c14-6-4-2-1-3-5(6)7-8(15)11-13(7,19)10(17)9(16)12(18)20-11/h1-4,7-12,14-19H/t7?,8?,9-,10+,11+,12?,13-/m0/s1. The van der Waals surface area contributed by atoms with Crippen molar-refractivity contribution >= 4 is 0 Å². The Hall–Kier alpha value is -1.22. The number of rotatable bonds is 1. The number of aliphatic hydroxyl groups is 5. The zero-order valence-corrected chi connectivity index (χ0v) is 10.4. The molecule has 1 saturated carbocycles. The molecule has 0 radical (unpaired) electrons. The van der Waals surface area contributed by atoms with Crippen LogP contribution in [0.3, 0.4) is 0 Å². The van der Waals surface area contributed by atoms with Crippen LogP contribution in [0.1, 0.15) is 11.5 Å². The normalized spacial score (nSPS) is 47.5. The number of phenolic OH excluding ortho intramolecular Hbond substituents is 1. The second kappa shape index (κ2) is 4.39. The largest absolute Gasteiger partial charge is 0.508 e. The van der Waals surface area contributed by atoms with Crippen LogP contribution in [0.25, 0.3) is 0 Å². The Bertz CT molecular complexity index is 517. The summed E-state index contributed by atoms with van der Waals surface area (Å²) in [6.45, 7) is 0. The molecule has 110 valence electrons. The highest BCUT2D eigenvalue weighted by Gasteiger charge is 2.71. The lowest BCUT2D eigenvalue weighted by Crippen LogP contribution is -2.80. The van der Waals surface area contributed by atoms with Crippen LogP contribution in [0.5, 0.6) is 5.75 Å². The molecule has 7 atom stereocenters. The summed E-state index contributed by atoms with van der Waals surface area (Å²) in [5.41, 5.74) is -1.73. The molecular formula is C13H16O7. The van der Waals surface area contributed by atoms with E-state index in [-0.39, 0.29) is 11.3 Å². The zero-order chi connectivity index (χ0) is 14.7. The molecule has 3 unspecified atom stereocenters. The van der Waals surface area contributed by atoms with E-state index in [1.807, 2.05) is 0 Å². The summed E-state index contributed by atoms with van der Waals surface area (Å²) in [5, 5.41) is 59.5. The van der Waals surface area contributed by atoms with Crippen molar-refractivity contribution in [3.63, 3.8) is 0 Å². The molecule has 6 N–H and O–H groups in total. The van der Waals surface area contributed by atoms with Crippen LogP contribution in [0.2, 0.25) is 0 Å². The molecule has 2 aliphatic rings. The molecule has 20 heavy (non-hydrogen) atoms. The van der Waals surface area contributed by atoms with Crippen LogP contribution in [0.4, 0.5) is 0 Å². The number of hydrogen-bond donors (Lipinski definition) is 6. The van der Waals surface area contributed by atoms with E-state index in [2.05, 4.69) is 0 Å². The third-order valence-electron chi connectivity index (χ3n) is 4.25. The monoisotopic (exact) mass is 284 g/mol. The minimum atomic E-state index is -1.98. The van der Waals surface area contributed by atoms with Crippen molar-refractivity contribution in [2.45, 2.75) is 42.2 Å². The molecule has 0 bridgehead atoms. The number of hydrogen-bond acceptors (Lipinski definition) is 7. The predicted octanol–water partition coefficient (Wildman–Crippen LogP) is -1.98. The molecule has 1 saturated heterocycles. The smallest absolute Gasteiger partial charge is 0.184 e. The van der Waals surface area contributed by atoms with Crippen LogP contribution in [0.15, 0.2) is 24.3 Å². The van der Waals surface area contributed by atoms with E-state index in [4.69, 9.17) is 4.74 Å². The molecule has 0 amide bonds. The van der Waals surface area contributed by atoms with E-state index >= 15 is 0 Å². The van der Waals surface area contributed by atoms with Crippen LogP contribution in [-0.4, -0.2) is 66.9 Å². The number of aromatic hydroxyl groups is 1.